The number of anilines is 1. The lowest BCUT2D eigenvalue weighted by Gasteiger charge is -2.27. The molecule has 1 N–H and O–H groups in total. The van der Waals surface area contributed by atoms with Gasteiger partial charge in [-0.2, -0.15) is 0 Å². The second-order valence-corrected chi connectivity index (χ2v) is 8.45. The van der Waals surface area contributed by atoms with Crippen molar-refractivity contribution in [3.05, 3.63) is 98.1 Å². The fourth-order valence-corrected chi connectivity index (χ4v) is 4.32. The molecule has 184 valence electrons. The van der Waals surface area contributed by atoms with Gasteiger partial charge in [0.2, 0.25) is 0 Å². The summed E-state index contributed by atoms with van der Waals surface area (Å²) in [6.45, 7) is 1.77. The number of Topliss-reactive ketones (excluding diaryl/α,β-unsaturated/α-hetero) is 1. The number of methoxy groups -OCH3 is 2. The van der Waals surface area contributed by atoms with E-state index in [0.717, 1.165) is 0 Å². The van der Waals surface area contributed by atoms with Crippen molar-refractivity contribution in [1.29, 1.82) is 0 Å². The number of rotatable bonds is 6. The number of halogens is 1. The maximum absolute atomic E-state index is 13.4. The van der Waals surface area contributed by atoms with Crippen molar-refractivity contribution in [3.8, 4) is 11.5 Å². The number of nitro groups is 1. The van der Waals surface area contributed by atoms with E-state index in [0.29, 0.717) is 33.3 Å². The second-order valence-electron chi connectivity index (χ2n) is 8.02. The van der Waals surface area contributed by atoms with E-state index in [1.807, 2.05) is 0 Å². The molecule has 1 fully saturated rings. The van der Waals surface area contributed by atoms with Crippen LogP contribution < -0.4 is 14.4 Å². The lowest BCUT2D eigenvalue weighted by molar-refractivity contribution is -0.384. The molecule has 0 bridgehead atoms. The molecule has 1 amide bonds. The maximum atomic E-state index is 13.4. The van der Waals surface area contributed by atoms with Gasteiger partial charge in [0.1, 0.15) is 5.76 Å². The zero-order chi connectivity index (χ0) is 26.1. The normalized spacial score (nSPS) is 16.8. The Labute approximate surface area is 211 Å². The number of ether oxygens (including phenoxy) is 2. The summed E-state index contributed by atoms with van der Waals surface area (Å²) in [7, 11) is 2.93. The minimum atomic E-state index is -1.04. The zero-order valence-electron chi connectivity index (χ0n) is 19.5. The van der Waals surface area contributed by atoms with E-state index in [9.17, 15) is 24.8 Å². The number of amides is 1. The molecule has 3 aromatic carbocycles. The van der Waals surface area contributed by atoms with Crippen molar-refractivity contribution in [3.63, 3.8) is 0 Å². The SMILES string of the molecule is COc1ccc(C2/C(=C(\O)c3ccc([N+](=O)[O-])cc3)C(=O)C(=O)N2c2cc(Cl)ccc2C)cc1OC. The van der Waals surface area contributed by atoms with Crippen LogP contribution in [0.25, 0.3) is 5.76 Å². The molecule has 1 aliphatic heterocycles. The summed E-state index contributed by atoms with van der Waals surface area (Å²) in [5, 5.41) is 22.6. The highest BCUT2D eigenvalue weighted by atomic mass is 35.5. The highest BCUT2D eigenvalue weighted by molar-refractivity contribution is 6.52. The molecule has 1 saturated heterocycles. The Morgan fingerprint density at radius 2 is 1.67 bits per heavy atom. The predicted octanol–water partition coefficient (Wildman–Crippen LogP) is 5.20. The van der Waals surface area contributed by atoms with Gasteiger partial charge in [-0.05, 0) is 54.4 Å². The molecule has 1 atom stereocenters. The molecule has 1 unspecified atom stereocenters. The number of aliphatic hydroxyl groups is 1. The highest BCUT2D eigenvalue weighted by Crippen LogP contribution is 2.45. The minimum absolute atomic E-state index is 0.145. The third-order valence-corrected chi connectivity index (χ3v) is 6.19. The molecule has 3 aromatic rings. The number of hydrogen-bond donors (Lipinski definition) is 1. The first-order valence-electron chi connectivity index (χ1n) is 10.7. The molecule has 1 heterocycles. The van der Waals surface area contributed by atoms with Crippen LogP contribution in [0.4, 0.5) is 11.4 Å². The average molecular weight is 509 g/mol. The Kier molecular flexibility index (Phi) is 6.67. The van der Waals surface area contributed by atoms with E-state index in [-0.39, 0.29) is 16.8 Å². The number of hydrogen-bond acceptors (Lipinski definition) is 7. The number of nitrogens with zero attached hydrogens (tertiary/aromatic N) is 2. The predicted molar refractivity (Wildman–Crippen MR) is 134 cm³/mol. The summed E-state index contributed by atoms with van der Waals surface area (Å²) in [6, 6.07) is 13.9. The quantitative estimate of drug-likeness (QED) is 0.160. The molecule has 0 radical (unpaired) electrons. The lowest BCUT2D eigenvalue weighted by atomic mass is 9.94. The monoisotopic (exact) mass is 508 g/mol. The Morgan fingerprint density at radius 1 is 1.00 bits per heavy atom. The molecule has 9 nitrogen and oxygen atoms in total. The Morgan fingerprint density at radius 3 is 2.28 bits per heavy atom. The summed E-state index contributed by atoms with van der Waals surface area (Å²) in [5.74, 6) is -1.44. The molecule has 0 aliphatic carbocycles. The summed E-state index contributed by atoms with van der Waals surface area (Å²) in [5.41, 5.74) is 1.33. The Hall–Kier alpha value is -4.37. The van der Waals surface area contributed by atoms with Gasteiger partial charge in [-0.15, -0.1) is 0 Å². The second kappa shape index (κ2) is 9.71. The highest BCUT2D eigenvalue weighted by Gasteiger charge is 2.47. The Bertz CT molecular complexity index is 1420. The number of aryl methyl sites for hydroxylation is 1. The number of carbonyl (C=O) groups is 2. The van der Waals surface area contributed by atoms with Gasteiger partial charge in [0.05, 0.1) is 30.8 Å². The standard InChI is InChI=1S/C26H21ClN2O7/c1-14-4-8-17(27)13-19(14)28-23(16-7-11-20(35-2)21(12-16)36-3)22(25(31)26(28)32)24(30)15-5-9-18(10-6-15)29(33)34/h4-13,23,30H,1-3H3/b24-22+. The van der Waals surface area contributed by atoms with Crippen molar-refractivity contribution < 1.29 is 29.1 Å². The third-order valence-electron chi connectivity index (χ3n) is 5.95. The fraction of sp³-hybridized carbons (Fsp3) is 0.154. The van der Waals surface area contributed by atoms with Gasteiger partial charge in [0.15, 0.2) is 11.5 Å². The summed E-state index contributed by atoms with van der Waals surface area (Å²) >= 11 is 6.22. The van der Waals surface area contributed by atoms with Crippen LogP contribution in [0.3, 0.4) is 0 Å². The first-order chi connectivity index (χ1) is 17.2. The largest absolute Gasteiger partial charge is 0.507 e. The van der Waals surface area contributed by atoms with Crippen molar-refractivity contribution >= 4 is 40.4 Å². The smallest absolute Gasteiger partial charge is 0.300 e. The summed E-state index contributed by atoms with van der Waals surface area (Å²) in [4.78, 5) is 38.4. The van der Waals surface area contributed by atoms with Gasteiger partial charge < -0.3 is 14.6 Å². The Balaban J connectivity index is 1.98. The van der Waals surface area contributed by atoms with Gasteiger partial charge in [-0.3, -0.25) is 24.6 Å². The number of carbonyl (C=O) groups excluding carboxylic acids is 2. The average Bonchev–Trinajstić information content (AvgIpc) is 3.14. The van der Waals surface area contributed by atoms with Gasteiger partial charge >= 0.3 is 0 Å². The molecule has 4 rings (SSSR count). The van der Waals surface area contributed by atoms with Crippen LogP contribution in [-0.4, -0.2) is 35.9 Å². The van der Waals surface area contributed by atoms with Crippen LogP contribution in [0, 0.1) is 17.0 Å². The van der Waals surface area contributed by atoms with E-state index in [4.69, 9.17) is 21.1 Å². The van der Waals surface area contributed by atoms with Gasteiger partial charge in [-0.1, -0.05) is 23.7 Å². The van der Waals surface area contributed by atoms with Crippen molar-refractivity contribution in [1.82, 2.24) is 0 Å². The van der Waals surface area contributed by atoms with Crippen molar-refractivity contribution in [2.24, 2.45) is 0 Å². The molecular formula is C26H21ClN2O7. The number of benzene rings is 3. The van der Waals surface area contributed by atoms with Crippen molar-refractivity contribution in [2.45, 2.75) is 13.0 Å². The number of non-ortho nitro benzene ring substituents is 1. The van der Waals surface area contributed by atoms with Crippen molar-refractivity contribution in [2.75, 3.05) is 19.1 Å². The number of nitro benzene ring substituents is 1. The third kappa shape index (κ3) is 4.25. The van der Waals surface area contributed by atoms with E-state index in [1.165, 1.54) is 43.4 Å². The van der Waals surface area contributed by atoms with Gasteiger partial charge in [-0.25, -0.2) is 0 Å². The summed E-state index contributed by atoms with van der Waals surface area (Å²) < 4.78 is 10.7. The molecule has 0 spiro atoms. The van der Waals surface area contributed by atoms with E-state index >= 15 is 0 Å². The van der Waals surface area contributed by atoms with Gasteiger partial charge in [0.25, 0.3) is 17.4 Å². The van der Waals surface area contributed by atoms with Crippen LogP contribution in [0.1, 0.15) is 22.7 Å². The lowest BCUT2D eigenvalue weighted by Crippen LogP contribution is -2.30. The molecule has 1 aliphatic rings. The van der Waals surface area contributed by atoms with Crippen LogP contribution in [0.15, 0.2) is 66.2 Å². The van der Waals surface area contributed by atoms with Crippen LogP contribution >= 0.6 is 11.6 Å². The molecular weight excluding hydrogens is 488 g/mol. The maximum Gasteiger partial charge on any atom is 0.300 e. The van der Waals surface area contributed by atoms with E-state index in [2.05, 4.69) is 0 Å². The topological polar surface area (TPSA) is 119 Å². The first kappa shape index (κ1) is 24.7. The fourth-order valence-electron chi connectivity index (χ4n) is 4.16. The summed E-state index contributed by atoms with van der Waals surface area (Å²) in [6.07, 6.45) is 0. The van der Waals surface area contributed by atoms with E-state index < -0.39 is 28.4 Å². The molecule has 0 aromatic heterocycles. The number of aliphatic hydroxyl groups excluding tert-OH is 1. The van der Waals surface area contributed by atoms with Crippen LogP contribution in [0.2, 0.25) is 5.02 Å². The molecule has 36 heavy (non-hydrogen) atoms. The van der Waals surface area contributed by atoms with Crippen LogP contribution in [-0.2, 0) is 9.59 Å². The van der Waals surface area contributed by atoms with E-state index in [1.54, 1.807) is 43.3 Å². The van der Waals surface area contributed by atoms with Crippen LogP contribution in [0.5, 0.6) is 11.5 Å². The number of ketones is 1. The minimum Gasteiger partial charge on any atom is -0.507 e. The van der Waals surface area contributed by atoms with Gasteiger partial charge in [0, 0.05) is 28.4 Å². The first-order valence-corrected chi connectivity index (χ1v) is 11.1. The molecule has 10 heteroatoms. The zero-order valence-corrected chi connectivity index (χ0v) is 20.3. The molecule has 0 saturated carbocycles.